The van der Waals surface area contributed by atoms with Gasteiger partial charge in [0, 0.05) is 24.0 Å². The summed E-state index contributed by atoms with van der Waals surface area (Å²) in [5.41, 5.74) is 2.86. The molecule has 0 bridgehead atoms. The van der Waals surface area contributed by atoms with Crippen LogP contribution in [0.5, 0.6) is 0 Å². The van der Waals surface area contributed by atoms with Gasteiger partial charge in [0.2, 0.25) is 21.8 Å². The van der Waals surface area contributed by atoms with Crippen LogP contribution in [0.3, 0.4) is 0 Å². The number of likely N-dealkylation sites (N-methyl/N-ethyl adjacent to an activating group) is 1. The van der Waals surface area contributed by atoms with E-state index in [0.29, 0.717) is 12.2 Å². The number of nitrogens with zero attached hydrogens (tertiary/aromatic N) is 2. The average Bonchev–Trinajstić information content (AvgIpc) is 2.85. The molecule has 0 aromatic heterocycles. The quantitative estimate of drug-likeness (QED) is 0.363. The van der Waals surface area contributed by atoms with Crippen LogP contribution in [0.25, 0.3) is 0 Å². The van der Waals surface area contributed by atoms with Crippen LogP contribution in [0.15, 0.2) is 83.3 Å². The van der Waals surface area contributed by atoms with Gasteiger partial charge in [0.05, 0.1) is 11.9 Å². The highest BCUT2D eigenvalue weighted by molar-refractivity contribution is 9.10. The van der Waals surface area contributed by atoms with Gasteiger partial charge < -0.3 is 10.2 Å². The Morgan fingerprint density at radius 2 is 1.59 bits per heavy atom. The molecule has 0 heterocycles. The Kier molecular flexibility index (Phi) is 9.88. The van der Waals surface area contributed by atoms with Crippen LogP contribution in [-0.2, 0) is 32.6 Å². The summed E-state index contributed by atoms with van der Waals surface area (Å²) >= 11 is 3.47. The number of hydrogen-bond acceptors (Lipinski definition) is 4. The molecule has 9 heteroatoms. The van der Waals surface area contributed by atoms with Gasteiger partial charge in [-0.2, -0.15) is 0 Å². The molecule has 0 aliphatic rings. The summed E-state index contributed by atoms with van der Waals surface area (Å²) in [7, 11) is -3.79. The highest BCUT2D eigenvalue weighted by atomic mass is 79.9. The van der Waals surface area contributed by atoms with Crippen LogP contribution >= 0.6 is 15.9 Å². The topological polar surface area (TPSA) is 86.8 Å². The molecule has 196 valence electrons. The molecule has 0 radical (unpaired) electrons. The van der Waals surface area contributed by atoms with E-state index in [4.69, 9.17) is 0 Å². The van der Waals surface area contributed by atoms with E-state index in [1.54, 1.807) is 25.1 Å². The fourth-order valence-corrected chi connectivity index (χ4v) is 5.47. The minimum absolute atomic E-state index is 0.137. The largest absolute Gasteiger partial charge is 0.355 e. The first-order chi connectivity index (χ1) is 17.6. The van der Waals surface area contributed by atoms with Gasteiger partial charge in [-0.15, -0.1) is 0 Å². The van der Waals surface area contributed by atoms with Crippen LogP contribution in [0.2, 0.25) is 0 Å². The number of para-hydroxylation sites is 1. The molecule has 3 aromatic carbocycles. The van der Waals surface area contributed by atoms with Gasteiger partial charge in [-0.1, -0.05) is 76.6 Å². The van der Waals surface area contributed by atoms with E-state index in [1.807, 2.05) is 67.6 Å². The fourth-order valence-electron chi connectivity index (χ4n) is 4.12. The lowest BCUT2D eigenvalue weighted by Gasteiger charge is -2.33. The summed E-state index contributed by atoms with van der Waals surface area (Å²) in [6.07, 6.45) is 1.37. The molecule has 0 spiro atoms. The number of nitrogens with one attached hydrogen (secondary N) is 1. The molecule has 0 aliphatic carbocycles. The van der Waals surface area contributed by atoms with Crippen molar-refractivity contribution < 1.29 is 18.0 Å². The van der Waals surface area contributed by atoms with Crippen LogP contribution < -0.4 is 9.62 Å². The maximum absolute atomic E-state index is 13.9. The van der Waals surface area contributed by atoms with Crippen molar-refractivity contribution in [1.29, 1.82) is 0 Å². The van der Waals surface area contributed by atoms with Crippen molar-refractivity contribution in [1.82, 2.24) is 10.2 Å². The first kappa shape index (κ1) is 28.4. The zero-order valence-corrected chi connectivity index (χ0v) is 23.6. The summed E-state index contributed by atoms with van der Waals surface area (Å²) < 4.78 is 27.6. The summed E-state index contributed by atoms with van der Waals surface area (Å²) in [4.78, 5) is 28.7. The number of carbonyl (C=O) groups excluding carboxylic acids is 2. The van der Waals surface area contributed by atoms with E-state index in [0.717, 1.165) is 31.7 Å². The smallest absolute Gasteiger partial charge is 0.244 e. The van der Waals surface area contributed by atoms with Crippen LogP contribution in [0, 0.1) is 6.92 Å². The Hall–Kier alpha value is -3.17. The molecule has 0 aliphatic heterocycles. The Bertz CT molecular complexity index is 1330. The third-order valence-corrected chi connectivity index (χ3v) is 7.55. The Labute approximate surface area is 227 Å². The molecular weight excluding hydrogens is 554 g/mol. The zero-order chi connectivity index (χ0) is 27.0. The molecule has 0 fully saturated rings. The monoisotopic (exact) mass is 585 g/mol. The lowest BCUT2D eigenvalue weighted by Crippen LogP contribution is -2.53. The van der Waals surface area contributed by atoms with Gasteiger partial charge in [0.1, 0.15) is 12.6 Å². The summed E-state index contributed by atoms with van der Waals surface area (Å²) in [5, 5.41) is 2.85. The first-order valence-corrected chi connectivity index (χ1v) is 14.6. The third-order valence-electron chi connectivity index (χ3n) is 5.93. The molecule has 1 atom stereocenters. The molecule has 0 unspecified atom stereocenters. The van der Waals surface area contributed by atoms with Crippen molar-refractivity contribution in [2.45, 2.75) is 32.9 Å². The molecule has 3 aromatic rings. The van der Waals surface area contributed by atoms with Crippen molar-refractivity contribution >= 4 is 43.5 Å². The van der Waals surface area contributed by atoms with Gasteiger partial charge in [-0.05, 0) is 48.7 Å². The molecule has 2 amide bonds. The highest BCUT2D eigenvalue weighted by Crippen LogP contribution is 2.24. The lowest BCUT2D eigenvalue weighted by atomic mass is 10.0. The van der Waals surface area contributed by atoms with E-state index in [2.05, 4.69) is 21.2 Å². The number of carbonyl (C=O) groups is 2. The van der Waals surface area contributed by atoms with E-state index in [9.17, 15) is 18.0 Å². The number of aryl methyl sites for hydroxylation is 1. The van der Waals surface area contributed by atoms with Crippen LogP contribution in [-0.4, -0.2) is 50.5 Å². The minimum atomic E-state index is -3.79. The van der Waals surface area contributed by atoms with Gasteiger partial charge in [0.25, 0.3) is 0 Å². The Morgan fingerprint density at radius 3 is 2.22 bits per heavy atom. The number of amides is 2. The zero-order valence-electron chi connectivity index (χ0n) is 21.2. The Morgan fingerprint density at radius 1 is 0.946 bits per heavy atom. The van der Waals surface area contributed by atoms with Crippen molar-refractivity contribution in [3.63, 3.8) is 0 Å². The molecule has 0 saturated carbocycles. The minimum Gasteiger partial charge on any atom is -0.355 e. The fraction of sp³-hybridized carbons (Fsp3) is 0.286. The predicted molar refractivity (Wildman–Crippen MR) is 151 cm³/mol. The summed E-state index contributed by atoms with van der Waals surface area (Å²) in [6, 6.07) is 23.1. The predicted octanol–water partition coefficient (Wildman–Crippen LogP) is 4.30. The average molecular weight is 587 g/mol. The van der Waals surface area contributed by atoms with Crippen molar-refractivity contribution in [3.05, 3.63) is 100 Å². The normalized spacial score (nSPS) is 12.0. The highest BCUT2D eigenvalue weighted by Gasteiger charge is 2.33. The molecule has 1 N–H and O–H groups in total. The Balaban J connectivity index is 2.05. The van der Waals surface area contributed by atoms with Crippen LogP contribution in [0.1, 0.15) is 23.6 Å². The second-order valence-corrected chi connectivity index (χ2v) is 11.6. The molecule has 0 saturated heterocycles. The molecule has 7 nitrogen and oxygen atoms in total. The number of rotatable bonds is 11. The van der Waals surface area contributed by atoms with Gasteiger partial charge in [0.15, 0.2) is 0 Å². The van der Waals surface area contributed by atoms with Gasteiger partial charge >= 0.3 is 0 Å². The second kappa shape index (κ2) is 12.9. The van der Waals surface area contributed by atoms with Gasteiger partial charge in [-0.25, -0.2) is 8.42 Å². The summed E-state index contributed by atoms with van der Waals surface area (Å²) in [5.74, 6) is -0.766. The van der Waals surface area contributed by atoms with E-state index in [-0.39, 0.29) is 18.9 Å². The number of hydrogen-bond donors (Lipinski definition) is 1. The lowest BCUT2D eigenvalue weighted by molar-refractivity contribution is -0.140. The van der Waals surface area contributed by atoms with Crippen molar-refractivity contribution in [2.24, 2.45) is 0 Å². The van der Waals surface area contributed by atoms with Crippen LogP contribution in [0.4, 0.5) is 5.69 Å². The maximum Gasteiger partial charge on any atom is 0.244 e. The molecular formula is C28H32BrN3O4S. The standard InChI is InChI=1S/C28H32BrN3O4S/c1-4-30-28(34)26(18-22-12-6-5-7-13-22)31(19-23-14-10-15-24(29)17-23)27(33)20-32(37(3,35)36)25-16-9-8-11-21(25)2/h5-17,26H,4,18-20H2,1-3H3,(H,30,34)/t26-/m0/s1. The number of halogens is 1. The number of anilines is 1. The van der Waals surface area contributed by atoms with Crippen molar-refractivity contribution in [3.8, 4) is 0 Å². The van der Waals surface area contributed by atoms with E-state index < -0.39 is 28.5 Å². The van der Waals surface area contributed by atoms with Crippen molar-refractivity contribution in [2.75, 3.05) is 23.7 Å². The third kappa shape index (κ3) is 7.90. The molecule has 37 heavy (non-hydrogen) atoms. The molecule has 3 rings (SSSR count). The SMILES string of the molecule is CCNC(=O)[C@H](Cc1ccccc1)N(Cc1cccc(Br)c1)C(=O)CN(c1ccccc1C)S(C)(=O)=O. The summed E-state index contributed by atoms with van der Waals surface area (Å²) in [6.45, 7) is 3.73. The van der Waals surface area contributed by atoms with E-state index >= 15 is 0 Å². The number of benzene rings is 3. The maximum atomic E-state index is 13.9. The van der Waals surface area contributed by atoms with E-state index in [1.165, 1.54) is 4.90 Å². The first-order valence-electron chi connectivity index (χ1n) is 12.0. The number of sulfonamides is 1. The second-order valence-electron chi connectivity index (χ2n) is 8.81. The van der Waals surface area contributed by atoms with Gasteiger partial charge in [-0.3, -0.25) is 13.9 Å².